The van der Waals surface area contributed by atoms with E-state index in [4.69, 9.17) is 33.7 Å². The van der Waals surface area contributed by atoms with Crippen LogP contribution in [0.25, 0.3) is 5.65 Å². The van der Waals surface area contributed by atoms with Gasteiger partial charge in [0.25, 0.3) is 5.91 Å². The number of fused-ring (bicyclic) bond motifs is 2. The van der Waals surface area contributed by atoms with Crippen molar-refractivity contribution in [2.24, 2.45) is 10.9 Å². The van der Waals surface area contributed by atoms with Crippen molar-refractivity contribution in [1.29, 1.82) is 0 Å². The first-order valence-corrected chi connectivity index (χ1v) is 29.2. The van der Waals surface area contributed by atoms with Crippen LogP contribution in [0.4, 0.5) is 4.39 Å². The Morgan fingerprint density at radius 3 is 2.33 bits per heavy atom. The molecule has 2 aromatic heterocycles. The molecule has 20 nitrogen and oxygen atoms in total. The third-order valence-corrected chi connectivity index (χ3v) is 16.4. The molecule has 6 heterocycles. The normalized spacial score (nSPS) is 20.8. The molecule has 80 heavy (non-hydrogen) atoms. The number of ether oxygens (including phenoxy) is 5. The van der Waals surface area contributed by atoms with Crippen molar-refractivity contribution in [2.45, 2.75) is 102 Å². The number of piperidine rings is 1. The van der Waals surface area contributed by atoms with Crippen LogP contribution >= 0.6 is 11.8 Å². The Morgan fingerprint density at radius 2 is 1.60 bits per heavy atom. The van der Waals surface area contributed by atoms with E-state index in [2.05, 4.69) is 45.9 Å². The Labute approximate surface area is 472 Å². The van der Waals surface area contributed by atoms with Crippen molar-refractivity contribution < 1.29 is 52.0 Å². The fraction of sp³-hybridized carbons (Fsp3) is 0.586. The number of likely N-dealkylation sites (tertiary alicyclic amines) is 2. The van der Waals surface area contributed by atoms with Gasteiger partial charge in [0.2, 0.25) is 17.7 Å². The Morgan fingerprint density at radius 1 is 0.887 bits per heavy atom. The quantitative estimate of drug-likeness (QED) is 0.0582. The molecule has 3 N–H and O–H groups in total. The van der Waals surface area contributed by atoms with Crippen LogP contribution in [-0.2, 0) is 39.8 Å². The van der Waals surface area contributed by atoms with Gasteiger partial charge in [-0.25, -0.2) is 13.9 Å². The van der Waals surface area contributed by atoms with Gasteiger partial charge in [0.15, 0.2) is 11.4 Å². The van der Waals surface area contributed by atoms with Crippen molar-refractivity contribution >= 4 is 51.9 Å². The van der Waals surface area contributed by atoms with Crippen LogP contribution in [0.5, 0.6) is 5.75 Å². The molecule has 2 bridgehead atoms. The first-order valence-electron chi connectivity index (χ1n) is 28.2. The zero-order valence-corrected chi connectivity index (χ0v) is 47.7. The molecule has 4 aliphatic heterocycles. The summed E-state index contributed by atoms with van der Waals surface area (Å²) < 4.78 is 44.5. The number of aliphatic imine (C=N–C) groups is 1. The molecule has 4 amide bonds. The summed E-state index contributed by atoms with van der Waals surface area (Å²) in [6.45, 7) is 14.6. The van der Waals surface area contributed by atoms with Gasteiger partial charge in [-0.2, -0.15) is 5.10 Å². The molecule has 0 spiro atoms. The fourth-order valence-electron chi connectivity index (χ4n) is 10.6. The number of aromatic nitrogens is 3. The highest BCUT2D eigenvalue weighted by molar-refractivity contribution is 8.14. The van der Waals surface area contributed by atoms with Crippen LogP contribution in [0.1, 0.15) is 96.3 Å². The molecule has 0 radical (unpaired) electrons. The number of Topliss-reactive ketones (excluding diaryl/α,β-unsaturated/α-hetero) is 1. The first-order chi connectivity index (χ1) is 38.8. The summed E-state index contributed by atoms with van der Waals surface area (Å²) in [6, 6.07) is 11.6. The number of rotatable bonds is 26. The summed E-state index contributed by atoms with van der Waals surface area (Å²) in [5.41, 5.74) is 4.39. The van der Waals surface area contributed by atoms with E-state index in [1.165, 1.54) is 36.0 Å². The number of carbonyl (C=O) groups excluding carboxylic acids is 5. The van der Waals surface area contributed by atoms with Crippen LogP contribution in [0, 0.1) is 18.7 Å². The lowest BCUT2D eigenvalue weighted by atomic mass is 9.88. The maximum absolute atomic E-state index is 14.5. The Kier molecular flexibility index (Phi) is 22.4. The van der Waals surface area contributed by atoms with E-state index in [1.54, 1.807) is 29.6 Å². The highest BCUT2D eigenvalue weighted by atomic mass is 32.2. The van der Waals surface area contributed by atoms with Gasteiger partial charge in [-0.15, -0.1) is 11.8 Å². The molecule has 22 heteroatoms. The SMILES string of the molecule is CN[C@@H](C)C(=O)N[C@H](C(=O)N1CCC[C@H]1C1=NC(C(=O)c2ccc(F)cc2)CS1)C1CCN(CCOCCOCCOCCOCCC(=O)NCCN2C[C@H](C)Oc3ccc(C)cc3[C@@H](C)Cc3ccn4ncc(c4n3)C2=O)CC1. The summed E-state index contributed by atoms with van der Waals surface area (Å²) >= 11 is 1.50. The lowest BCUT2D eigenvalue weighted by molar-refractivity contribution is -0.138. The number of benzene rings is 2. The second kappa shape index (κ2) is 29.7. The summed E-state index contributed by atoms with van der Waals surface area (Å²) in [6.07, 6.45) is 6.88. The molecular formula is C58H79FN10O10S. The number of likely N-dealkylation sites (N-methyl/N-ethyl adjacent to an activating group) is 1. The molecule has 434 valence electrons. The van der Waals surface area contributed by atoms with E-state index in [9.17, 15) is 28.4 Å². The smallest absolute Gasteiger partial charge is 0.259 e. The monoisotopic (exact) mass is 1130 g/mol. The van der Waals surface area contributed by atoms with Gasteiger partial charge in [-0.3, -0.25) is 29.0 Å². The number of nitrogens with zero attached hydrogens (tertiary/aromatic N) is 7. The molecule has 6 atom stereocenters. The Bertz CT molecular complexity index is 2760. The molecule has 2 aromatic carbocycles. The second-order valence-electron chi connectivity index (χ2n) is 21.2. The van der Waals surface area contributed by atoms with Crippen LogP contribution in [0.2, 0.25) is 0 Å². The van der Waals surface area contributed by atoms with Crippen LogP contribution in [0.15, 0.2) is 65.9 Å². The molecule has 4 aromatic rings. The Balaban J connectivity index is 0.670. The average Bonchev–Trinajstić information content (AvgIpc) is 4.26. The minimum absolute atomic E-state index is 0.0530. The number of aryl methyl sites for hydroxylation is 1. The van der Waals surface area contributed by atoms with E-state index >= 15 is 0 Å². The van der Waals surface area contributed by atoms with Crippen LogP contribution in [-0.4, -0.2) is 205 Å². The average molecular weight is 1130 g/mol. The van der Waals surface area contributed by atoms with Crippen molar-refractivity contribution in [2.75, 3.05) is 111 Å². The zero-order chi connectivity index (χ0) is 56.5. The van der Waals surface area contributed by atoms with E-state index in [-0.39, 0.29) is 79.5 Å². The highest BCUT2D eigenvalue weighted by Crippen LogP contribution is 2.34. The van der Waals surface area contributed by atoms with Crippen molar-refractivity contribution in [3.63, 3.8) is 0 Å². The van der Waals surface area contributed by atoms with Gasteiger partial charge in [0, 0.05) is 55.8 Å². The number of nitrogens with one attached hydrogen (secondary N) is 3. The molecule has 8 rings (SSSR count). The number of halogens is 1. The van der Waals surface area contributed by atoms with Crippen molar-refractivity contribution in [3.05, 3.63) is 94.7 Å². The number of thioether (sulfide) groups is 1. The van der Waals surface area contributed by atoms with Crippen molar-refractivity contribution in [3.8, 4) is 5.75 Å². The summed E-state index contributed by atoms with van der Waals surface area (Å²) in [5, 5.41) is 14.2. The third-order valence-electron chi connectivity index (χ3n) is 15.2. The molecule has 2 fully saturated rings. The van der Waals surface area contributed by atoms with Crippen LogP contribution < -0.4 is 20.7 Å². The topological polar surface area (TPSA) is 220 Å². The summed E-state index contributed by atoms with van der Waals surface area (Å²) in [4.78, 5) is 83.2. The minimum Gasteiger partial charge on any atom is -0.489 e. The standard InChI is InChI=1S/C58H79FN10O10S/c1-38-8-13-50-46(33-38)39(2)34-45-16-22-69-54(63-45)47(35-62-69)57(73)67(36-40(3)79-50)23-18-61-51(70)17-25-75-27-29-77-31-32-78-30-28-76-26-24-66-20-14-42(15-21-66)52(65-55(72)41(4)60-5)58(74)68-19-6-7-49(68)56-64-48(37-80-56)53(71)43-9-11-44(59)12-10-43/h8-13,16,22,33,35,39-42,48-49,52,60H,6-7,14-15,17-21,23-32,34,36-37H2,1-5H3,(H,61,70)(H,65,72)/t39-,40-,41-,48?,49-,52-/m0/s1. The molecular weight excluding hydrogens is 1050 g/mol. The highest BCUT2D eigenvalue weighted by Gasteiger charge is 2.43. The Hall–Kier alpha value is -5.88. The largest absolute Gasteiger partial charge is 0.489 e. The van der Waals surface area contributed by atoms with E-state index in [0.29, 0.717) is 88.3 Å². The number of carbonyl (C=O) groups is 5. The maximum Gasteiger partial charge on any atom is 0.259 e. The lowest BCUT2D eigenvalue weighted by Crippen LogP contribution is -2.58. The summed E-state index contributed by atoms with van der Waals surface area (Å²) in [7, 11) is 1.72. The lowest BCUT2D eigenvalue weighted by Gasteiger charge is -2.38. The number of hydrogen-bond donors (Lipinski definition) is 3. The number of amides is 4. The van der Waals surface area contributed by atoms with Gasteiger partial charge in [0.05, 0.1) is 82.7 Å². The van der Waals surface area contributed by atoms with E-state index in [1.807, 2.05) is 36.2 Å². The number of ketones is 1. The van der Waals surface area contributed by atoms with Gasteiger partial charge in [-0.1, -0.05) is 24.6 Å². The van der Waals surface area contributed by atoms with Crippen LogP contribution in [0.3, 0.4) is 0 Å². The van der Waals surface area contributed by atoms with E-state index in [0.717, 1.165) is 72.9 Å². The van der Waals surface area contributed by atoms with Gasteiger partial charge < -0.3 is 54.3 Å². The van der Waals surface area contributed by atoms with Crippen molar-refractivity contribution in [1.82, 2.24) is 45.2 Å². The van der Waals surface area contributed by atoms with E-state index < -0.39 is 23.9 Å². The fourth-order valence-corrected chi connectivity index (χ4v) is 11.8. The molecule has 2 saturated heterocycles. The van der Waals surface area contributed by atoms with Gasteiger partial charge in [0.1, 0.15) is 35.3 Å². The second-order valence-corrected chi connectivity index (χ2v) is 22.2. The first kappa shape index (κ1) is 60.2. The predicted octanol–water partition coefficient (Wildman–Crippen LogP) is 4.51. The third kappa shape index (κ3) is 16.4. The molecule has 1 unspecified atom stereocenters. The molecule has 4 aliphatic rings. The summed E-state index contributed by atoms with van der Waals surface area (Å²) in [5.74, 6) is -0.00930. The minimum atomic E-state index is -0.691. The zero-order valence-electron chi connectivity index (χ0n) is 46.9. The predicted molar refractivity (Wildman–Crippen MR) is 302 cm³/mol. The molecule has 0 aliphatic carbocycles. The molecule has 0 saturated carbocycles. The maximum atomic E-state index is 14.5. The van der Waals surface area contributed by atoms with Gasteiger partial charge >= 0.3 is 0 Å². The van der Waals surface area contributed by atoms with Gasteiger partial charge in [-0.05, 0) is 127 Å². The number of hydrogen-bond acceptors (Lipinski definition) is 16.